The minimum Gasteiger partial charge on any atom is -0.393 e. The molecule has 2 atom stereocenters. The zero-order chi connectivity index (χ0) is 12.4. The highest BCUT2D eigenvalue weighted by Gasteiger charge is 2.05. The van der Waals surface area contributed by atoms with Crippen molar-refractivity contribution in [2.24, 2.45) is 5.92 Å². The van der Waals surface area contributed by atoms with Crippen LogP contribution in [0.4, 0.5) is 0 Å². The monoisotopic (exact) mass is 233 g/mol. The molecular weight excluding hydrogens is 206 g/mol. The highest BCUT2D eigenvalue weighted by molar-refractivity contribution is 4.61. The van der Waals surface area contributed by atoms with Gasteiger partial charge in [-0.1, -0.05) is 20.8 Å². The van der Waals surface area contributed by atoms with Crippen molar-refractivity contribution < 1.29 is 14.9 Å². The van der Waals surface area contributed by atoms with Crippen molar-refractivity contribution in [3.8, 4) is 0 Å². The molecule has 0 amide bonds. The number of nitrogens with one attached hydrogen (secondary N) is 1. The molecule has 16 heavy (non-hydrogen) atoms. The highest BCUT2D eigenvalue weighted by Crippen LogP contribution is 1.95. The predicted molar refractivity (Wildman–Crippen MR) is 65.4 cm³/mol. The minimum absolute atomic E-state index is 0.234. The Balaban J connectivity index is 3.26. The molecule has 0 fully saturated rings. The molecule has 0 radical (unpaired) electrons. The summed E-state index contributed by atoms with van der Waals surface area (Å²) in [5, 5.41) is 21.9. The van der Waals surface area contributed by atoms with E-state index >= 15 is 0 Å². The zero-order valence-corrected chi connectivity index (χ0v) is 10.8. The van der Waals surface area contributed by atoms with E-state index in [0.29, 0.717) is 25.7 Å². The van der Waals surface area contributed by atoms with Crippen LogP contribution in [0.5, 0.6) is 0 Å². The van der Waals surface area contributed by atoms with E-state index in [1.54, 1.807) is 0 Å². The van der Waals surface area contributed by atoms with Crippen LogP contribution in [-0.2, 0) is 4.74 Å². The lowest BCUT2D eigenvalue weighted by molar-refractivity contribution is 0.0258. The molecule has 0 heterocycles. The summed E-state index contributed by atoms with van der Waals surface area (Å²) < 4.78 is 5.32. The van der Waals surface area contributed by atoms with Gasteiger partial charge in [0.1, 0.15) is 0 Å². The molecule has 0 aliphatic rings. The number of hydrogen-bond donors (Lipinski definition) is 3. The van der Waals surface area contributed by atoms with Crippen molar-refractivity contribution in [3.63, 3.8) is 0 Å². The Hall–Kier alpha value is -0.160. The number of hydrogen-bond acceptors (Lipinski definition) is 4. The van der Waals surface area contributed by atoms with Crippen LogP contribution in [0.15, 0.2) is 0 Å². The normalized spacial score (nSPS) is 15.4. The molecule has 98 valence electrons. The number of ether oxygens (including phenoxy) is 1. The van der Waals surface area contributed by atoms with Crippen LogP contribution in [0.3, 0.4) is 0 Å². The number of aliphatic hydroxyl groups is 2. The molecule has 0 bridgehead atoms. The Morgan fingerprint density at radius 1 is 1.12 bits per heavy atom. The van der Waals surface area contributed by atoms with Gasteiger partial charge in [-0.25, -0.2) is 0 Å². The molecule has 3 N–H and O–H groups in total. The van der Waals surface area contributed by atoms with E-state index in [-0.39, 0.29) is 6.10 Å². The Morgan fingerprint density at radius 2 is 1.81 bits per heavy atom. The number of rotatable bonds is 10. The van der Waals surface area contributed by atoms with Gasteiger partial charge in [-0.3, -0.25) is 0 Å². The fraction of sp³-hybridized carbons (Fsp3) is 1.00. The fourth-order valence-corrected chi connectivity index (χ4v) is 1.24. The molecule has 4 nitrogen and oxygen atoms in total. The Morgan fingerprint density at radius 3 is 2.38 bits per heavy atom. The van der Waals surface area contributed by atoms with Crippen molar-refractivity contribution in [3.05, 3.63) is 0 Å². The summed E-state index contributed by atoms with van der Waals surface area (Å²) in [7, 11) is 0. The molecule has 0 aromatic rings. The van der Waals surface area contributed by atoms with Gasteiger partial charge in [0.2, 0.25) is 0 Å². The third kappa shape index (κ3) is 10.4. The van der Waals surface area contributed by atoms with E-state index < -0.39 is 6.10 Å². The van der Waals surface area contributed by atoms with Gasteiger partial charge >= 0.3 is 0 Å². The van der Waals surface area contributed by atoms with Crippen molar-refractivity contribution >= 4 is 0 Å². The molecule has 0 aliphatic carbocycles. The van der Waals surface area contributed by atoms with Crippen molar-refractivity contribution in [2.45, 2.75) is 45.8 Å². The average Bonchev–Trinajstić information content (AvgIpc) is 2.23. The summed E-state index contributed by atoms with van der Waals surface area (Å²) in [6.07, 6.45) is 0.817. The van der Waals surface area contributed by atoms with Crippen LogP contribution < -0.4 is 5.32 Å². The molecule has 0 aromatic heterocycles. The van der Waals surface area contributed by atoms with Gasteiger partial charge in [0.05, 0.1) is 18.8 Å². The highest BCUT2D eigenvalue weighted by atomic mass is 16.5. The molecule has 2 unspecified atom stereocenters. The Kier molecular flexibility index (Phi) is 9.92. The predicted octanol–water partition coefficient (Wildman–Crippen LogP) is 0.770. The Labute approximate surface area is 99.0 Å². The van der Waals surface area contributed by atoms with E-state index in [2.05, 4.69) is 19.2 Å². The maximum atomic E-state index is 9.53. The van der Waals surface area contributed by atoms with Gasteiger partial charge in [0.25, 0.3) is 0 Å². The van der Waals surface area contributed by atoms with Crippen molar-refractivity contribution in [1.82, 2.24) is 5.32 Å². The summed E-state index contributed by atoms with van der Waals surface area (Å²) in [6, 6.07) is 0. The lowest BCUT2D eigenvalue weighted by Gasteiger charge is -2.14. The van der Waals surface area contributed by atoms with Gasteiger partial charge in [0.15, 0.2) is 0 Å². The molecule has 0 saturated heterocycles. The van der Waals surface area contributed by atoms with Crippen LogP contribution in [0.25, 0.3) is 0 Å². The first-order valence-electron chi connectivity index (χ1n) is 6.20. The van der Waals surface area contributed by atoms with Crippen molar-refractivity contribution in [1.29, 1.82) is 0 Å². The SMILES string of the molecule is CCC(O)CCNCC(O)COCC(C)C. The summed E-state index contributed by atoms with van der Waals surface area (Å²) in [4.78, 5) is 0. The van der Waals surface area contributed by atoms with Crippen molar-refractivity contribution in [2.75, 3.05) is 26.3 Å². The largest absolute Gasteiger partial charge is 0.393 e. The molecule has 4 heteroatoms. The summed E-state index contributed by atoms with van der Waals surface area (Å²) in [5.41, 5.74) is 0. The van der Waals surface area contributed by atoms with Crippen LogP contribution in [0.2, 0.25) is 0 Å². The summed E-state index contributed by atoms with van der Waals surface area (Å²) >= 11 is 0. The van der Waals surface area contributed by atoms with E-state index in [0.717, 1.165) is 19.4 Å². The lowest BCUT2D eigenvalue weighted by atomic mass is 10.2. The average molecular weight is 233 g/mol. The third-order valence-electron chi connectivity index (χ3n) is 2.27. The Bertz CT molecular complexity index is 153. The maximum absolute atomic E-state index is 9.53. The first-order valence-corrected chi connectivity index (χ1v) is 6.20. The van der Waals surface area contributed by atoms with Gasteiger partial charge < -0.3 is 20.3 Å². The van der Waals surface area contributed by atoms with E-state index in [1.165, 1.54) is 0 Å². The zero-order valence-electron chi connectivity index (χ0n) is 10.8. The molecule has 0 rings (SSSR count). The summed E-state index contributed by atoms with van der Waals surface area (Å²) in [5.74, 6) is 0.500. The quantitative estimate of drug-likeness (QED) is 0.488. The third-order valence-corrected chi connectivity index (χ3v) is 2.27. The van der Waals surface area contributed by atoms with Crippen LogP contribution in [-0.4, -0.2) is 48.7 Å². The topological polar surface area (TPSA) is 61.7 Å². The first-order chi connectivity index (χ1) is 7.56. The molecule has 0 aromatic carbocycles. The standard InChI is InChI=1S/C12H27NO3/c1-4-11(14)5-6-13-7-12(15)9-16-8-10(2)3/h10-15H,4-9H2,1-3H3. The van der Waals surface area contributed by atoms with E-state index in [9.17, 15) is 10.2 Å². The minimum atomic E-state index is -0.461. The van der Waals surface area contributed by atoms with Crippen LogP contribution >= 0.6 is 0 Å². The fourth-order valence-electron chi connectivity index (χ4n) is 1.24. The second-order valence-corrected chi connectivity index (χ2v) is 4.64. The second kappa shape index (κ2) is 10.0. The first kappa shape index (κ1) is 15.8. The van der Waals surface area contributed by atoms with Gasteiger partial charge in [-0.05, 0) is 25.3 Å². The smallest absolute Gasteiger partial charge is 0.0897 e. The summed E-state index contributed by atoms with van der Waals surface area (Å²) in [6.45, 7) is 8.44. The molecular formula is C12H27NO3. The molecule has 0 saturated carbocycles. The van der Waals surface area contributed by atoms with Gasteiger partial charge in [0, 0.05) is 13.2 Å². The van der Waals surface area contributed by atoms with Crippen LogP contribution in [0.1, 0.15) is 33.6 Å². The second-order valence-electron chi connectivity index (χ2n) is 4.64. The maximum Gasteiger partial charge on any atom is 0.0897 e. The van der Waals surface area contributed by atoms with E-state index in [4.69, 9.17) is 4.74 Å². The lowest BCUT2D eigenvalue weighted by Crippen LogP contribution is -2.32. The molecule has 0 spiro atoms. The number of aliphatic hydroxyl groups excluding tert-OH is 2. The van der Waals surface area contributed by atoms with Gasteiger partial charge in [-0.2, -0.15) is 0 Å². The van der Waals surface area contributed by atoms with E-state index in [1.807, 2.05) is 6.92 Å². The van der Waals surface area contributed by atoms with Gasteiger partial charge in [-0.15, -0.1) is 0 Å². The van der Waals surface area contributed by atoms with Crippen LogP contribution in [0, 0.1) is 5.92 Å². The molecule has 0 aliphatic heterocycles.